The summed E-state index contributed by atoms with van der Waals surface area (Å²) in [5.74, 6) is -0.747. The van der Waals surface area contributed by atoms with Gasteiger partial charge in [-0.15, -0.1) is 0 Å². The van der Waals surface area contributed by atoms with Crippen molar-refractivity contribution >= 4 is 12.1 Å². The van der Waals surface area contributed by atoms with Crippen molar-refractivity contribution in [2.24, 2.45) is 0 Å². The van der Waals surface area contributed by atoms with Crippen LogP contribution >= 0.6 is 0 Å². The van der Waals surface area contributed by atoms with Crippen LogP contribution in [0.1, 0.15) is 73.4 Å². The number of hydrogen-bond acceptors (Lipinski definition) is 4. The molecule has 0 radical (unpaired) electrons. The number of esters is 1. The summed E-state index contributed by atoms with van der Waals surface area (Å²) in [6.07, 6.45) is -5.95. The zero-order valence-corrected chi connectivity index (χ0v) is 19.4. The largest absolute Gasteiger partial charge is 0.461 e. The molecule has 0 aromatic heterocycles. The second-order valence-electron chi connectivity index (χ2n) is 7.09. The highest BCUT2D eigenvalue weighted by Gasteiger charge is 2.31. The number of nitrogens with one attached hydrogen (secondary N) is 1. The van der Waals surface area contributed by atoms with Gasteiger partial charge in [-0.1, -0.05) is 45.9 Å². The van der Waals surface area contributed by atoms with Gasteiger partial charge in [0, 0.05) is 6.42 Å². The van der Waals surface area contributed by atoms with Gasteiger partial charge in [0.15, 0.2) is 0 Å². The molecule has 5 nitrogen and oxygen atoms in total. The van der Waals surface area contributed by atoms with Crippen LogP contribution in [0.2, 0.25) is 0 Å². The smallest absolute Gasteiger partial charge is 0.416 e. The molecular formula is C22H36F3NO4. The van der Waals surface area contributed by atoms with Crippen molar-refractivity contribution in [1.29, 1.82) is 0 Å². The quantitative estimate of drug-likeness (QED) is 0.564. The van der Waals surface area contributed by atoms with E-state index in [-0.39, 0.29) is 12.0 Å². The topological polar surface area (TPSA) is 64.6 Å². The van der Waals surface area contributed by atoms with Crippen LogP contribution in [0.3, 0.4) is 0 Å². The Kier molecular flexibility index (Phi) is 13.9. The first kappa shape index (κ1) is 29.9. The summed E-state index contributed by atoms with van der Waals surface area (Å²) in [6, 6.07) is 3.40. The number of halogens is 3. The van der Waals surface area contributed by atoms with E-state index in [2.05, 4.69) is 5.32 Å². The number of rotatable bonds is 5. The lowest BCUT2D eigenvalue weighted by Crippen LogP contribution is -2.46. The average Bonchev–Trinajstić information content (AvgIpc) is 2.62. The van der Waals surface area contributed by atoms with E-state index in [1.807, 2.05) is 27.7 Å². The van der Waals surface area contributed by atoms with E-state index < -0.39 is 41.5 Å². The summed E-state index contributed by atoms with van der Waals surface area (Å²) in [6.45, 7) is 16.2. The van der Waals surface area contributed by atoms with Crippen LogP contribution in [0.15, 0.2) is 24.3 Å². The maximum atomic E-state index is 12.9. The van der Waals surface area contributed by atoms with Gasteiger partial charge in [0.05, 0.1) is 11.7 Å². The third-order valence-corrected chi connectivity index (χ3v) is 3.02. The molecule has 1 N–H and O–H groups in total. The second-order valence-corrected chi connectivity index (χ2v) is 7.09. The molecule has 0 bridgehead atoms. The lowest BCUT2D eigenvalue weighted by Gasteiger charge is -2.23. The van der Waals surface area contributed by atoms with Crippen LogP contribution in [-0.2, 0) is 26.9 Å². The summed E-state index contributed by atoms with van der Waals surface area (Å²) in [4.78, 5) is 24.2. The number of alkyl carbamates (subject to hydrolysis) is 1. The average molecular weight is 436 g/mol. The van der Waals surface area contributed by atoms with E-state index in [9.17, 15) is 22.8 Å². The van der Waals surface area contributed by atoms with Crippen molar-refractivity contribution in [2.75, 3.05) is 0 Å². The fourth-order valence-corrected chi connectivity index (χ4v) is 2.07. The van der Waals surface area contributed by atoms with Crippen molar-refractivity contribution in [3.8, 4) is 0 Å². The zero-order chi connectivity index (χ0) is 24.1. The molecule has 174 valence electrons. The summed E-state index contributed by atoms with van der Waals surface area (Å²) in [5, 5.41) is 2.37. The molecule has 1 amide bonds. The van der Waals surface area contributed by atoms with Gasteiger partial charge < -0.3 is 14.8 Å². The highest BCUT2D eigenvalue weighted by molar-refractivity contribution is 5.81. The number of carbonyl (C=O) groups is 2. The Morgan fingerprint density at radius 1 is 1.03 bits per heavy atom. The van der Waals surface area contributed by atoms with Gasteiger partial charge in [0.2, 0.25) is 0 Å². The number of benzene rings is 1. The maximum Gasteiger partial charge on any atom is 0.416 e. The van der Waals surface area contributed by atoms with Gasteiger partial charge in [0.1, 0.15) is 11.6 Å². The van der Waals surface area contributed by atoms with Gasteiger partial charge in [-0.05, 0) is 46.2 Å². The zero-order valence-electron chi connectivity index (χ0n) is 19.4. The standard InChI is InChI=1S/C18H24F3NO4.2C2H6/c1-11(2)25-15(23)14(22-16(24)26-17(3,4)5)10-12-7-6-8-13(9-12)18(19,20)21;2*1-2/h6-9,11,14H,10H2,1-5H3,(H,22,24);2*1-2H3/t14-;;/m1../s1. The number of hydrogen-bond donors (Lipinski definition) is 1. The van der Waals surface area contributed by atoms with Gasteiger partial charge in [-0.3, -0.25) is 0 Å². The number of alkyl halides is 3. The molecule has 30 heavy (non-hydrogen) atoms. The Morgan fingerprint density at radius 3 is 2.00 bits per heavy atom. The molecule has 0 aliphatic rings. The van der Waals surface area contributed by atoms with E-state index in [1.165, 1.54) is 12.1 Å². The summed E-state index contributed by atoms with van der Waals surface area (Å²) < 4.78 is 48.7. The summed E-state index contributed by atoms with van der Waals surface area (Å²) in [5.41, 5.74) is -1.38. The molecule has 1 aromatic rings. The van der Waals surface area contributed by atoms with Crippen LogP contribution in [0.25, 0.3) is 0 Å². The predicted octanol–water partition coefficient (Wildman–Crippen LogP) is 6.15. The first-order chi connectivity index (χ1) is 13.8. The fourth-order valence-electron chi connectivity index (χ4n) is 2.07. The Morgan fingerprint density at radius 2 is 1.57 bits per heavy atom. The van der Waals surface area contributed by atoms with Crippen molar-refractivity contribution in [2.45, 2.75) is 92.7 Å². The summed E-state index contributed by atoms with van der Waals surface area (Å²) in [7, 11) is 0. The Labute approximate surface area is 178 Å². The lowest BCUT2D eigenvalue weighted by atomic mass is 10.0. The first-order valence-corrected chi connectivity index (χ1v) is 10.1. The van der Waals surface area contributed by atoms with Gasteiger partial charge >= 0.3 is 18.2 Å². The minimum atomic E-state index is -4.50. The molecule has 0 spiro atoms. The third kappa shape index (κ3) is 13.1. The van der Waals surface area contributed by atoms with Crippen LogP contribution in [0, 0.1) is 0 Å². The SMILES string of the molecule is CC.CC.CC(C)OC(=O)[C@@H](Cc1cccc(C(F)(F)F)c1)NC(=O)OC(C)(C)C. The van der Waals surface area contributed by atoms with Gasteiger partial charge in [0.25, 0.3) is 0 Å². The molecular weight excluding hydrogens is 399 g/mol. The van der Waals surface area contributed by atoms with E-state index in [0.717, 1.165) is 12.1 Å². The van der Waals surface area contributed by atoms with Crippen LogP contribution in [-0.4, -0.2) is 29.8 Å². The van der Waals surface area contributed by atoms with Gasteiger partial charge in [-0.2, -0.15) is 13.2 Å². The van der Waals surface area contributed by atoms with Crippen molar-refractivity contribution in [3.05, 3.63) is 35.4 Å². The van der Waals surface area contributed by atoms with E-state index in [1.54, 1.807) is 34.6 Å². The first-order valence-electron chi connectivity index (χ1n) is 10.1. The van der Waals surface area contributed by atoms with E-state index in [0.29, 0.717) is 0 Å². The molecule has 0 aliphatic heterocycles. The number of amides is 1. The minimum Gasteiger partial charge on any atom is -0.461 e. The molecule has 1 aromatic carbocycles. The molecule has 1 atom stereocenters. The molecule has 0 saturated heterocycles. The molecule has 0 heterocycles. The molecule has 0 unspecified atom stereocenters. The minimum absolute atomic E-state index is 0.158. The van der Waals surface area contributed by atoms with Crippen molar-refractivity contribution < 1.29 is 32.2 Å². The molecule has 0 fully saturated rings. The molecule has 0 saturated carbocycles. The van der Waals surface area contributed by atoms with Crippen LogP contribution < -0.4 is 5.32 Å². The summed E-state index contributed by atoms with van der Waals surface area (Å²) >= 11 is 0. The highest BCUT2D eigenvalue weighted by atomic mass is 19.4. The molecule has 8 heteroatoms. The lowest BCUT2D eigenvalue weighted by molar-refractivity contribution is -0.149. The van der Waals surface area contributed by atoms with Crippen LogP contribution in [0.4, 0.5) is 18.0 Å². The van der Waals surface area contributed by atoms with Gasteiger partial charge in [-0.25, -0.2) is 9.59 Å². The monoisotopic (exact) mass is 435 g/mol. The predicted molar refractivity (Wildman–Crippen MR) is 112 cm³/mol. The number of carbonyl (C=O) groups excluding carboxylic acids is 2. The Bertz CT molecular complexity index is 638. The van der Waals surface area contributed by atoms with Crippen LogP contribution in [0.5, 0.6) is 0 Å². The second kappa shape index (κ2) is 13.9. The van der Waals surface area contributed by atoms with Crippen molar-refractivity contribution in [1.82, 2.24) is 5.32 Å². The molecule has 1 rings (SSSR count). The highest BCUT2D eigenvalue weighted by Crippen LogP contribution is 2.29. The number of ether oxygens (including phenoxy) is 2. The third-order valence-electron chi connectivity index (χ3n) is 3.02. The van der Waals surface area contributed by atoms with Crippen molar-refractivity contribution in [3.63, 3.8) is 0 Å². The van der Waals surface area contributed by atoms with E-state index in [4.69, 9.17) is 9.47 Å². The Balaban J connectivity index is 0. The fraction of sp³-hybridized carbons (Fsp3) is 0.636. The molecule has 0 aliphatic carbocycles. The maximum absolute atomic E-state index is 12.9. The normalized spacial score (nSPS) is 11.9. The Hall–Kier alpha value is -2.25. The van der Waals surface area contributed by atoms with E-state index >= 15 is 0 Å².